The van der Waals surface area contributed by atoms with E-state index in [1.165, 1.54) is 12.1 Å². The standard InChI is InChI=1S/C17H19N3O3S/c1-10(2)12-4-6-13(7-5-12)24(22,23)20-16-8-11(3)14(18)9-15(16)19-17(20)21/h4-10H,18H2,1-3H3,(H,19,21). The molecular formula is C17H19N3O3S. The second-order valence-electron chi connectivity index (χ2n) is 6.15. The van der Waals surface area contributed by atoms with Crippen LogP contribution in [0.1, 0.15) is 30.9 Å². The molecule has 7 heteroatoms. The summed E-state index contributed by atoms with van der Waals surface area (Å²) in [6.07, 6.45) is 0. The molecular weight excluding hydrogens is 326 g/mol. The van der Waals surface area contributed by atoms with E-state index in [9.17, 15) is 13.2 Å². The molecule has 0 unspecified atom stereocenters. The van der Waals surface area contributed by atoms with Gasteiger partial charge in [0.15, 0.2) is 0 Å². The van der Waals surface area contributed by atoms with E-state index in [2.05, 4.69) is 4.98 Å². The second kappa shape index (κ2) is 5.52. The first-order chi connectivity index (χ1) is 11.2. The number of imidazole rings is 1. The molecule has 1 heterocycles. The largest absolute Gasteiger partial charge is 0.398 e. The maximum absolute atomic E-state index is 12.9. The molecule has 3 aromatic rings. The normalized spacial score (nSPS) is 12.2. The summed E-state index contributed by atoms with van der Waals surface area (Å²) in [4.78, 5) is 14.9. The van der Waals surface area contributed by atoms with Crippen molar-refractivity contribution in [3.8, 4) is 0 Å². The van der Waals surface area contributed by atoms with Crippen LogP contribution in [0.15, 0.2) is 46.1 Å². The molecule has 0 bridgehead atoms. The van der Waals surface area contributed by atoms with E-state index in [-0.39, 0.29) is 4.90 Å². The van der Waals surface area contributed by atoms with Crippen LogP contribution in [0.2, 0.25) is 0 Å². The highest BCUT2D eigenvalue weighted by atomic mass is 32.2. The molecule has 0 fully saturated rings. The van der Waals surface area contributed by atoms with Gasteiger partial charge in [0, 0.05) is 5.69 Å². The Morgan fingerprint density at radius 1 is 1.12 bits per heavy atom. The number of rotatable bonds is 3. The van der Waals surface area contributed by atoms with E-state index in [0.29, 0.717) is 28.2 Å². The number of fused-ring (bicyclic) bond motifs is 1. The summed E-state index contributed by atoms with van der Waals surface area (Å²) in [5.41, 5.74) is 8.04. The highest BCUT2D eigenvalue weighted by molar-refractivity contribution is 7.90. The minimum Gasteiger partial charge on any atom is -0.398 e. The van der Waals surface area contributed by atoms with Crippen molar-refractivity contribution in [2.45, 2.75) is 31.6 Å². The van der Waals surface area contributed by atoms with Crippen molar-refractivity contribution in [3.63, 3.8) is 0 Å². The smallest absolute Gasteiger partial charge is 0.340 e. The van der Waals surface area contributed by atoms with E-state index in [4.69, 9.17) is 5.73 Å². The summed E-state index contributed by atoms with van der Waals surface area (Å²) in [7, 11) is -3.99. The lowest BCUT2D eigenvalue weighted by atomic mass is 10.0. The quantitative estimate of drug-likeness (QED) is 0.713. The van der Waals surface area contributed by atoms with Gasteiger partial charge in [0.2, 0.25) is 0 Å². The number of hydrogen-bond donors (Lipinski definition) is 2. The van der Waals surface area contributed by atoms with Crippen LogP contribution in [-0.2, 0) is 10.0 Å². The van der Waals surface area contributed by atoms with E-state index in [1.807, 2.05) is 13.8 Å². The van der Waals surface area contributed by atoms with Crippen molar-refractivity contribution in [1.82, 2.24) is 8.96 Å². The Balaban J connectivity index is 2.23. The van der Waals surface area contributed by atoms with Crippen LogP contribution in [0.3, 0.4) is 0 Å². The molecule has 0 aliphatic rings. The number of anilines is 1. The third-order valence-corrected chi connectivity index (χ3v) is 5.83. The molecule has 3 rings (SSSR count). The van der Waals surface area contributed by atoms with E-state index in [1.54, 1.807) is 31.2 Å². The lowest BCUT2D eigenvalue weighted by Crippen LogP contribution is -2.25. The van der Waals surface area contributed by atoms with E-state index >= 15 is 0 Å². The molecule has 0 radical (unpaired) electrons. The average molecular weight is 345 g/mol. The Morgan fingerprint density at radius 3 is 2.33 bits per heavy atom. The number of aromatic nitrogens is 2. The molecule has 24 heavy (non-hydrogen) atoms. The fourth-order valence-electron chi connectivity index (χ4n) is 2.62. The number of nitrogens with one attached hydrogen (secondary N) is 1. The summed E-state index contributed by atoms with van der Waals surface area (Å²) < 4.78 is 26.6. The van der Waals surface area contributed by atoms with Crippen molar-refractivity contribution in [3.05, 3.63) is 58.0 Å². The summed E-state index contributed by atoms with van der Waals surface area (Å²) >= 11 is 0. The molecule has 2 aromatic carbocycles. The number of benzene rings is 2. The number of nitrogens with zero attached hydrogens (tertiary/aromatic N) is 1. The van der Waals surface area contributed by atoms with Crippen LogP contribution in [-0.4, -0.2) is 17.4 Å². The molecule has 126 valence electrons. The van der Waals surface area contributed by atoms with Gasteiger partial charge in [-0.15, -0.1) is 0 Å². The van der Waals surface area contributed by atoms with E-state index in [0.717, 1.165) is 9.54 Å². The van der Waals surface area contributed by atoms with Gasteiger partial charge in [-0.3, -0.25) is 0 Å². The van der Waals surface area contributed by atoms with E-state index < -0.39 is 15.7 Å². The fraction of sp³-hybridized carbons (Fsp3) is 0.235. The predicted octanol–water partition coefficient (Wildman–Crippen LogP) is 2.58. The zero-order valence-electron chi connectivity index (χ0n) is 13.7. The minimum absolute atomic E-state index is 0.0735. The summed E-state index contributed by atoms with van der Waals surface area (Å²) in [6, 6.07) is 9.75. The van der Waals surface area contributed by atoms with Crippen molar-refractivity contribution in [2.75, 3.05) is 5.73 Å². The number of aryl methyl sites for hydroxylation is 1. The lowest BCUT2D eigenvalue weighted by molar-refractivity contribution is 0.587. The van der Waals surface area contributed by atoms with Crippen molar-refractivity contribution < 1.29 is 8.42 Å². The molecule has 1 aromatic heterocycles. The molecule has 0 aliphatic heterocycles. The van der Waals surface area contributed by atoms with Crippen LogP contribution in [0, 0.1) is 6.92 Å². The molecule has 6 nitrogen and oxygen atoms in total. The molecule has 0 atom stereocenters. The highest BCUT2D eigenvalue weighted by Gasteiger charge is 2.23. The highest BCUT2D eigenvalue weighted by Crippen LogP contribution is 2.23. The average Bonchev–Trinajstić information content (AvgIpc) is 2.83. The Labute approximate surface area is 140 Å². The number of hydrogen-bond acceptors (Lipinski definition) is 4. The van der Waals surface area contributed by atoms with Crippen LogP contribution < -0.4 is 11.4 Å². The SMILES string of the molecule is Cc1cc2c(cc1N)[nH]c(=O)n2S(=O)(=O)c1ccc(C(C)C)cc1. The maximum Gasteiger partial charge on any atom is 0.340 e. The first-order valence-corrected chi connectivity index (χ1v) is 9.02. The van der Waals surface area contributed by atoms with Gasteiger partial charge < -0.3 is 10.7 Å². The molecule has 0 saturated carbocycles. The fourth-order valence-corrected chi connectivity index (χ4v) is 3.99. The van der Waals surface area contributed by atoms with Gasteiger partial charge in [-0.05, 0) is 48.2 Å². The predicted molar refractivity (Wildman–Crippen MR) is 94.8 cm³/mol. The second-order valence-corrected chi connectivity index (χ2v) is 7.94. The number of H-pyrrole nitrogens is 1. The van der Waals surface area contributed by atoms with Crippen LogP contribution in [0.25, 0.3) is 11.0 Å². The Hall–Kier alpha value is -2.54. The van der Waals surface area contributed by atoms with Crippen LogP contribution in [0.5, 0.6) is 0 Å². The third kappa shape index (κ3) is 2.50. The summed E-state index contributed by atoms with van der Waals surface area (Å²) in [5, 5.41) is 0. The Kier molecular flexibility index (Phi) is 3.76. The zero-order chi connectivity index (χ0) is 17.6. The maximum atomic E-state index is 12.9. The van der Waals surface area contributed by atoms with Gasteiger partial charge in [0.05, 0.1) is 15.9 Å². The summed E-state index contributed by atoms with van der Waals surface area (Å²) in [5.74, 6) is 0.295. The third-order valence-electron chi connectivity index (χ3n) is 4.11. The van der Waals surface area contributed by atoms with Gasteiger partial charge in [0.1, 0.15) is 0 Å². The number of aromatic amines is 1. The monoisotopic (exact) mass is 345 g/mol. The minimum atomic E-state index is -3.99. The first-order valence-electron chi connectivity index (χ1n) is 7.58. The van der Waals surface area contributed by atoms with Gasteiger partial charge in [-0.25, -0.2) is 13.2 Å². The van der Waals surface area contributed by atoms with Crippen LogP contribution in [0.4, 0.5) is 5.69 Å². The Morgan fingerprint density at radius 2 is 1.75 bits per heavy atom. The van der Waals surface area contributed by atoms with Crippen molar-refractivity contribution >= 4 is 26.7 Å². The summed E-state index contributed by atoms with van der Waals surface area (Å²) in [6.45, 7) is 5.82. The van der Waals surface area contributed by atoms with Gasteiger partial charge in [-0.1, -0.05) is 26.0 Å². The van der Waals surface area contributed by atoms with Crippen LogP contribution >= 0.6 is 0 Å². The van der Waals surface area contributed by atoms with Crippen molar-refractivity contribution in [2.24, 2.45) is 0 Å². The topological polar surface area (TPSA) is 97.9 Å². The zero-order valence-corrected chi connectivity index (χ0v) is 14.5. The van der Waals surface area contributed by atoms with Gasteiger partial charge in [-0.2, -0.15) is 3.97 Å². The molecule has 0 saturated heterocycles. The number of nitrogen functional groups attached to an aromatic ring is 1. The van der Waals surface area contributed by atoms with Gasteiger partial charge in [0.25, 0.3) is 10.0 Å². The molecule has 0 aliphatic carbocycles. The molecule has 0 spiro atoms. The van der Waals surface area contributed by atoms with Crippen molar-refractivity contribution in [1.29, 1.82) is 0 Å². The first kappa shape index (κ1) is 16.3. The molecule has 0 amide bonds. The number of nitrogens with two attached hydrogens (primary N) is 1. The lowest BCUT2D eigenvalue weighted by Gasteiger charge is -2.09. The molecule has 3 N–H and O–H groups in total. The Bertz CT molecular complexity index is 1070. The van der Waals surface area contributed by atoms with Gasteiger partial charge >= 0.3 is 5.69 Å².